The number of aryl methyl sites for hydroxylation is 1. The van der Waals surface area contributed by atoms with Gasteiger partial charge in [-0.2, -0.15) is 13.2 Å². The second kappa shape index (κ2) is 8.35. The lowest BCUT2D eigenvalue weighted by Crippen LogP contribution is -2.50. The first-order valence-electron chi connectivity index (χ1n) is 9.23. The Kier molecular flexibility index (Phi) is 6.19. The summed E-state index contributed by atoms with van der Waals surface area (Å²) in [7, 11) is -4.20. The van der Waals surface area contributed by atoms with E-state index in [0.29, 0.717) is 16.8 Å². The highest BCUT2D eigenvalue weighted by Crippen LogP contribution is 2.35. The summed E-state index contributed by atoms with van der Waals surface area (Å²) in [5.74, 6) is -1.41. The number of aliphatic carboxylic acids is 1. The lowest BCUT2D eigenvalue weighted by molar-refractivity contribution is -0.142. The minimum atomic E-state index is -4.22. The predicted molar refractivity (Wildman–Crippen MR) is 102 cm³/mol. The fourth-order valence-corrected chi connectivity index (χ4v) is 5.19. The maximum atomic E-state index is 13.0. The number of hydrogen-bond acceptors (Lipinski definition) is 5. The van der Waals surface area contributed by atoms with Crippen LogP contribution in [0.3, 0.4) is 0 Å². The lowest BCUT2D eigenvalue weighted by atomic mass is 9.99. The fourth-order valence-electron chi connectivity index (χ4n) is 3.36. The molecule has 0 spiro atoms. The number of hydrogen-bond donors (Lipinski definition) is 1. The van der Waals surface area contributed by atoms with E-state index < -0.39 is 33.2 Å². The Morgan fingerprint density at radius 1 is 1.10 bits per heavy atom. The van der Waals surface area contributed by atoms with E-state index in [1.54, 1.807) is 24.3 Å². The lowest BCUT2D eigenvalue weighted by Gasteiger charge is -2.32. The molecule has 0 amide bonds. The summed E-state index contributed by atoms with van der Waals surface area (Å²) < 4.78 is 66.2. The van der Waals surface area contributed by atoms with Crippen LogP contribution in [0, 0.1) is 0 Å². The standard InChI is InChI=1S/C20H20F3NO5S/c21-20(22,23)8-7-14-1-3-15(4-2-14)17-6-5-16(13-24-17)30(27,28)19(18(25)26)9-11-29-12-10-19/h1-6,13H,7-12H2,(H,25,26). The summed E-state index contributed by atoms with van der Waals surface area (Å²) in [4.78, 5) is 15.7. The molecule has 3 rings (SSSR count). The SMILES string of the molecule is O=C(O)C1(S(=O)(=O)c2ccc(-c3ccc(CCC(F)(F)F)cc3)nc2)CCOCC1. The number of carboxylic acids is 1. The van der Waals surface area contributed by atoms with Crippen LogP contribution in [0.1, 0.15) is 24.8 Å². The van der Waals surface area contributed by atoms with E-state index in [-0.39, 0.29) is 37.4 Å². The molecule has 2 heterocycles. The number of halogens is 3. The van der Waals surface area contributed by atoms with Crippen LogP contribution in [-0.2, 0) is 25.8 Å². The molecule has 0 saturated carbocycles. The van der Waals surface area contributed by atoms with Crippen LogP contribution >= 0.6 is 0 Å². The van der Waals surface area contributed by atoms with Crippen molar-refractivity contribution in [3.05, 3.63) is 48.2 Å². The summed E-state index contributed by atoms with van der Waals surface area (Å²) >= 11 is 0. The van der Waals surface area contributed by atoms with E-state index in [2.05, 4.69) is 4.98 Å². The van der Waals surface area contributed by atoms with Crippen LogP contribution in [0.4, 0.5) is 13.2 Å². The largest absolute Gasteiger partial charge is 0.480 e. The summed E-state index contributed by atoms with van der Waals surface area (Å²) in [5.41, 5.74) is 1.56. The number of ether oxygens (including phenoxy) is 1. The Labute approximate surface area is 171 Å². The van der Waals surface area contributed by atoms with Gasteiger partial charge in [0, 0.05) is 44.2 Å². The second-order valence-electron chi connectivity index (χ2n) is 7.11. The molecule has 162 valence electrons. The number of aromatic nitrogens is 1. The van der Waals surface area contributed by atoms with Crippen LogP contribution in [0.5, 0.6) is 0 Å². The molecular formula is C20H20F3NO5S. The minimum Gasteiger partial charge on any atom is -0.480 e. The number of carboxylic acid groups (broad SMARTS) is 1. The Hall–Kier alpha value is -2.46. The average Bonchev–Trinajstić information content (AvgIpc) is 2.72. The fraction of sp³-hybridized carbons (Fsp3) is 0.400. The third-order valence-corrected chi connectivity index (χ3v) is 7.67. The first-order chi connectivity index (χ1) is 14.1. The van der Waals surface area contributed by atoms with Gasteiger partial charge in [0.05, 0.1) is 10.6 Å². The van der Waals surface area contributed by atoms with E-state index in [1.807, 2.05) is 0 Å². The molecule has 6 nitrogen and oxygen atoms in total. The van der Waals surface area contributed by atoms with E-state index in [1.165, 1.54) is 12.1 Å². The number of benzene rings is 1. The van der Waals surface area contributed by atoms with Gasteiger partial charge >= 0.3 is 12.1 Å². The Balaban J connectivity index is 1.81. The molecule has 2 aromatic rings. The topological polar surface area (TPSA) is 93.6 Å². The van der Waals surface area contributed by atoms with Crippen molar-refractivity contribution in [3.8, 4) is 11.3 Å². The second-order valence-corrected chi connectivity index (χ2v) is 9.37. The van der Waals surface area contributed by atoms with E-state index in [4.69, 9.17) is 4.74 Å². The van der Waals surface area contributed by atoms with Crippen LogP contribution in [0.2, 0.25) is 0 Å². The van der Waals surface area contributed by atoms with Gasteiger partial charge < -0.3 is 9.84 Å². The highest BCUT2D eigenvalue weighted by molar-refractivity contribution is 7.93. The number of nitrogens with zero attached hydrogens (tertiary/aromatic N) is 1. The molecule has 10 heteroatoms. The van der Waals surface area contributed by atoms with Gasteiger partial charge in [0.2, 0.25) is 0 Å². The van der Waals surface area contributed by atoms with Gasteiger partial charge in [-0.25, -0.2) is 8.42 Å². The van der Waals surface area contributed by atoms with Crippen molar-refractivity contribution >= 4 is 15.8 Å². The molecule has 1 aliphatic rings. The number of carbonyl (C=O) groups is 1. The average molecular weight is 443 g/mol. The Bertz CT molecular complexity index is 996. The van der Waals surface area contributed by atoms with E-state index in [0.717, 1.165) is 6.20 Å². The first kappa shape index (κ1) is 22.2. The first-order valence-corrected chi connectivity index (χ1v) is 10.7. The molecule has 0 unspecified atom stereocenters. The maximum Gasteiger partial charge on any atom is 0.389 e. The van der Waals surface area contributed by atoms with Gasteiger partial charge in [0.1, 0.15) is 0 Å². The van der Waals surface area contributed by atoms with Crippen molar-refractivity contribution < 1.29 is 36.2 Å². The zero-order valence-corrected chi connectivity index (χ0v) is 16.7. The zero-order chi connectivity index (χ0) is 22.0. The predicted octanol–water partition coefficient (Wildman–Crippen LogP) is 3.65. The van der Waals surface area contributed by atoms with Crippen LogP contribution in [0.25, 0.3) is 11.3 Å². The smallest absolute Gasteiger partial charge is 0.389 e. The maximum absolute atomic E-state index is 13.0. The molecule has 1 saturated heterocycles. The van der Waals surface area contributed by atoms with Gasteiger partial charge in [-0.05, 0) is 24.1 Å². The molecule has 0 atom stereocenters. The quantitative estimate of drug-likeness (QED) is 0.733. The van der Waals surface area contributed by atoms with Crippen molar-refractivity contribution in [2.75, 3.05) is 13.2 Å². The molecule has 1 N–H and O–H groups in total. The van der Waals surface area contributed by atoms with Crippen LogP contribution < -0.4 is 0 Å². The van der Waals surface area contributed by atoms with E-state index >= 15 is 0 Å². The minimum absolute atomic E-state index is 0.0394. The van der Waals surface area contributed by atoms with Gasteiger partial charge in [0.15, 0.2) is 14.6 Å². The third kappa shape index (κ3) is 4.49. The number of rotatable bonds is 6. The summed E-state index contributed by atoms with van der Waals surface area (Å²) in [6.07, 6.45) is -4.44. The zero-order valence-electron chi connectivity index (χ0n) is 15.9. The molecule has 0 aliphatic carbocycles. The van der Waals surface area contributed by atoms with Gasteiger partial charge in [-0.1, -0.05) is 24.3 Å². The van der Waals surface area contributed by atoms with Crippen LogP contribution in [-0.4, -0.2) is 48.6 Å². The summed E-state index contributed by atoms with van der Waals surface area (Å²) in [5, 5.41) is 9.61. The molecule has 0 radical (unpaired) electrons. The summed E-state index contributed by atoms with van der Waals surface area (Å²) in [6, 6.07) is 9.10. The monoisotopic (exact) mass is 443 g/mol. The third-order valence-electron chi connectivity index (χ3n) is 5.20. The van der Waals surface area contributed by atoms with Crippen molar-refractivity contribution in [2.45, 2.75) is 41.5 Å². The highest BCUT2D eigenvalue weighted by Gasteiger charge is 2.52. The Morgan fingerprint density at radius 3 is 2.23 bits per heavy atom. The van der Waals surface area contributed by atoms with Crippen LogP contribution in [0.15, 0.2) is 47.5 Å². The van der Waals surface area contributed by atoms with Gasteiger partial charge in [-0.15, -0.1) is 0 Å². The number of pyridine rings is 1. The number of sulfone groups is 1. The number of alkyl halides is 3. The molecule has 1 aromatic carbocycles. The van der Waals surface area contributed by atoms with Crippen molar-refractivity contribution in [3.63, 3.8) is 0 Å². The highest BCUT2D eigenvalue weighted by atomic mass is 32.2. The van der Waals surface area contributed by atoms with E-state index in [9.17, 15) is 31.5 Å². The summed E-state index contributed by atoms with van der Waals surface area (Å²) in [6.45, 7) is 0.0788. The molecule has 30 heavy (non-hydrogen) atoms. The molecule has 1 aromatic heterocycles. The normalized spacial score (nSPS) is 16.9. The molecule has 1 fully saturated rings. The molecular weight excluding hydrogens is 423 g/mol. The van der Waals surface area contributed by atoms with Gasteiger partial charge in [0.25, 0.3) is 0 Å². The van der Waals surface area contributed by atoms with Crippen molar-refractivity contribution in [1.29, 1.82) is 0 Å². The van der Waals surface area contributed by atoms with Gasteiger partial charge in [-0.3, -0.25) is 9.78 Å². The van der Waals surface area contributed by atoms with Crippen molar-refractivity contribution in [1.82, 2.24) is 4.98 Å². The molecule has 0 bridgehead atoms. The van der Waals surface area contributed by atoms with Crippen molar-refractivity contribution in [2.24, 2.45) is 0 Å². The molecule has 1 aliphatic heterocycles. The Morgan fingerprint density at radius 2 is 1.73 bits per heavy atom.